The molecule has 1 aliphatic heterocycles. The van der Waals surface area contributed by atoms with E-state index in [2.05, 4.69) is 42.0 Å². The molecule has 1 heterocycles. The summed E-state index contributed by atoms with van der Waals surface area (Å²) in [6, 6.07) is 0. The summed E-state index contributed by atoms with van der Waals surface area (Å²) in [6.45, 7) is 4.36. The molecule has 1 rings (SSSR count). The van der Waals surface area contributed by atoms with E-state index >= 15 is 0 Å². The molecule has 6 heteroatoms. The lowest BCUT2D eigenvalue weighted by atomic mass is 10.5. The number of thioether (sulfide) groups is 2. The summed E-state index contributed by atoms with van der Waals surface area (Å²) in [5, 5.41) is 9.80. The van der Waals surface area contributed by atoms with Gasteiger partial charge in [0, 0.05) is 0 Å². The van der Waals surface area contributed by atoms with Crippen molar-refractivity contribution in [2.75, 3.05) is 51.2 Å². The van der Waals surface area contributed by atoms with Gasteiger partial charge in [0.2, 0.25) is 0 Å². The molecular formula is C12H26N4S2+2. The zero-order chi connectivity index (χ0) is 13.8. The van der Waals surface area contributed by atoms with Crippen LogP contribution in [-0.2, 0) is 0 Å². The van der Waals surface area contributed by atoms with E-state index in [1.807, 2.05) is 23.5 Å². The van der Waals surface area contributed by atoms with Crippen LogP contribution in [0.3, 0.4) is 0 Å². The van der Waals surface area contributed by atoms with Gasteiger partial charge in [0.1, 0.15) is 0 Å². The Kier molecular flexibility index (Phi) is 5.70. The van der Waals surface area contributed by atoms with E-state index in [-0.39, 0.29) is 0 Å². The smallest absolute Gasteiger partial charge is 0.150 e. The highest BCUT2D eigenvalue weighted by atomic mass is 32.2. The van der Waals surface area contributed by atoms with Gasteiger partial charge < -0.3 is 0 Å². The van der Waals surface area contributed by atoms with Crippen molar-refractivity contribution < 1.29 is 9.18 Å². The van der Waals surface area contributed by atoms with Gasteiger partial charge in [-0.3, -0.25) is 0 Å². The minimum Gasteiger partial charge on any atom is -0.150 e. The van der Waals surface area contributed by atoms with Gasteiger partial charge in [0.25, 0.3) is 11.7 Å². The quantitative estimate of drug-likeness (QED) is 0.701. The van der Waals surface area contributed by atoms with Crippen molar-refractivity contribution in [1.82, 2.24) is 0 Å². The Morgan fingerprint density at radius 3 is 1.39 bits per heavy atom. The average Bonchev–Trinajstić information content (AvgIpc) is 2.28. The van der Waals surface area contributed by atoms with E-state index in [0.717, 1.165) is 34.7 Å². The van der Waals surface area contributed by atoms with Gasteiger partial charge in [-0.25, -0.2) is 0 Å². The predicted molar refractivity (Wildman–Crippen MR) is 85.1 cm³/mol. The molecule has 0 amide bonds. The Morgan fingerprint density at radius 1 is 0.778 bits per heavy atom. The molecule has 0 aliphatic carbocycles. The maximum absolute atomic E-state index is 4.90. The van der Waals surface area contributed by atoms with Crippen molar-refractivity contribution in [3.05, 3.63) is 0 Å². The number of hydrogen-bond acceptors (Lipinski definition) is 4. The molecule has 0 spiro atoms. The third-order valence-electron chi connectivity index (χ3n) is 2.86. The number of amidine groups is 2. The first-order chi connectivity index (χ1) is 8.33. The van der Waals surface area contributed by atoms with Gasteiger partial charge in [-0.15, -0.1) is 32.7 Å². The van der Waals surface area contributed by atoms with Crippen molar-refractivity contribution in [3.63, 3.8) is 0 Å². The number of quaternary nitrogens is 2. The molecule has 0 saturated carbocycles. The lowest BCUT2D eigenvalue weighted by Gasteiger charge is -2.33. The molecule has 0 bridgehead atoms. The first kappa shape index (κ1) is 16.0. The topological polar surface area (TPSA) is 24.7 Å². The normalized spacial score (nSPS) is 21.4. The minimum absolute atomic E-state index is 0.550. The third kappa shape index (κ3) is 3.98. The fourth-order valence-corrected chi connectivity index (χ4v) is 3.19. The molecule has 0 unspecified atom stereocenters. The molecule has 0 aromatic carbocycles. The summed E-state index contributed by atoms with van der Waals surface area (Å²) < 4.78 is 1.10. The van der Waals surface area contributed by atoms with E-state index in [9.17, 15) is 0 Å². The van der Waals surface area contributed by atoms with Crippen LogP contribution in [0.15, 0.2) is 10.2 Å². The van der Waals surface area contributed by atoms with Gasteiger partial charge in [-0.2, -0.15) is 0 Å². The molecule has 0 radical (unpaired) electrons. The molecular weight excluding hydrogens is 264 g/mol. The average molecular weight is 291 g/mol. The Balaban J connectivity index is 2.91. The first-order valence-electron chi connectivity index (χ1n) is 6.36. The predicted octanol–water partition coefficient (Wildman–Crippen LogP) is 2.29. The Morgan fingerprint density at radius 2 is 1.11 bits per heavy atom. The van der Waals surface area contributed by atoms with Crippen LogP contribution in [0, 0.1) is 0 Å². The van der Waals surface area contributed by atoms with Crippen LogP contribution in [0.1, 0.15) is 13.8 Å². The van der Waals surface area contributed by atoms with Crippen molar-refractivity contribution >= 4 is 35.2 Å². The Labute approximate surface area is 120 Å². The zero-order valence-corrected chi connectivity index (χ0v) is 14.1. The number of hydrogen-bond donors (Lipinski definition) is 0. The van der Waals surface area contributed by atoms with Gasteiger partial charge in [-0.05, 0) is 21.7 Å². The minimum atomic E-state index is 0.550. The number of nitrogens with zero attached hydrogens (tertiary/aromatic N) is 4. The molecule has 0 aromatic heterocycles. The summed E-state index contributed by atoms with van der Waals surface area (Å²) >= 11 is 3.81. The molecule has 18 heavy (non-hydrogen) atoms. The third-order valence-corrected chi connectivity index (χ3v) is 4.61. The summed E-state index contributed by atoms with van der Waals surface area (Å²) in [6.07, 6.45) is 0. The fraction of sp³-hybridized carbons (Fsp3) is 0.833. The van der Waals surface area contributed by atoms with Crippen LogP contribution in [0.25, 0.3) is 0 Å². The van der Waals surface area contributed by atoms with Crippen LogP contribution in [0.4, 0.5) is 0 Å². The summed E-state index contributed by atoms with van der Waals surface area (Å²) in [7, 11) is 8.46. The zero-order valence-electron chi connectivity index (χ0n) is 12.4. The standard InChI is InChI=1S/C12H26N4S2/c1-7-17-9-11-13-16(5,6)12(10-18-8-2)14-15(11,3)4/h7-10H2,1-6H3/q+2. The van der Waals surface area contributed by atoms with Crippen LogP contribution in [0.5, 0.6) is 0 Å². The summed E-state index contributed by atoms with van der Waals surface area (Å²) in [4.78, 5) is 0. The van der Waals surface area contributed by atoms with Gasteiger partial charge in [-0.1, -0.05) is 13.8 Å². The van der Waals surface area contributed by atoms with Crippen molar-refractivity contribution in [2.45, 2.75) is 13.8 Å². The Hall–Kier alpha value is -0.0400. The molecule has 104 valence electrons. The SMILES string of the molecule is CCSCC1=N[N+](C)(C)C(CSCC)=N[N+]1(C)C. The van der Waals surface area contributed by atoms with Crippen molar-refractivity contribution in [3.8, 4) is 0 Å². The van der Waals surface area contributed by atoms with Crippen molar-refractivity contribution in [1.29, 1.82) is 0 Å². The molecule has 0 atom stereocenters. The van der Waals surface area contributed by atoms with Gasteiger partial charge in [0.05, 0.1) is 39.7 Å². The van der Waals surface area contributed by atoms with Crippen LogP contribution in [-0.4, -0.2) is 72.1 Å². The van der Waals surface area contributed by atoms with Crippen LogP contribution in [0.2, 0.25) is 0 Å². The summed E-state index contributed by atoms with van der Waals surface area (Å²) in [5.74, 6) is 6.46. The first-order valence-corrected chi connectivity index (χ1v) is 8.67. The Bertz CT molecular complexity index is 314. The molecule has 0 N–H and O–H groups in total. The maximum Gasteiger partial charge on any atom is 0.289 e. The molecule has 4 nitrogen and oxygen atoms in total. The fourth-order valence-electron chi connectivity index (χ4n) is 1.67. The summed E-state index contributed by atoms with van der Waals surface area (Å²) in [5.41, 5.74) is 0. The maximum atomic E-state index is 4.90. The second kappa shape index (κ2) is 6.41. The number of rotatable bonds is 6. The van der Waals surface area contributed by atoms with Gasteiger partial charge in [0.15, 0.2) is 0 Å². The van der Waals surface area contributed by atoms with E-state index in [0.29, 0.717) is 9.18 Å². The van der Waals surface area contributed by atoms with E-state index in [4.69, 9.17) is 10.2 Å². The van der Waals surface area contributed by atoms with Crippen molar-refractivity contribution in [2.24, 2.45) is 10.2 Å². The van der Waals surface area contributed by atoms with E-state index in [1.54, 1.807) is 0 Å². The lowest BCUT2D eigenvalue weighted by molar-refractivity contribution is -0.866. The monoisotopic (exact) mass is 290 g/mol. The molecule has 0 fully saturated rings. The highest BCUT2D eigenvalue weighted by Gasteiger charge is 2.40. The second-order valence-electron chi connectivity index (χ2n) is 5.10. The highest BCUT2D eigenvalue weighted by Crippen LogP contribution is 2.21. The van der Waals surface area contributed by atoms with E-state index in [1.165, 1.54) is 0 Å². The lowest BCUT2D eigenvalue weighted by Crippen LogP contribution is -2.55. The molecule has 1 aliphatic rings. The van der Waals surface area contributed by atoms with Gasteiger partial charge >= 0.3 is 0 Å². The molecule has 0 aromatic rings. The highest BCUT2D eigenvalue weighted by molar-refractivity contribution is 8.00. The van der Waals surface area contributed by atoms with Crippen LogP contribution < -0.4 is 0 Å². The van der Waals surface area contributed by atoms with E-state index < -0.39 is 0 Å². The van der Waals surface area contributed by atoms with Crippen LogP contribution >= 0.6 is 23.5 Å². The molecule has 0 saturated heterocycles. The second-order valence-corrected chi connectivity index (χ2v) is 7.64. The largest absolute Gasteiger partial charge is 0.289 e.